The fourth-order valence-electron chi connectivity index (χ4n) is 4.52. The Morgan fingerprint density at radius 2 is 2.00 bits per heavy atom. The summed E-state index contributed by atoms with van der Waals surface area (Å²) in [5.74, 6) is 1.70. The van der Waals surface area contributed by atoms with Crippen LogP contribution < -0.4 is 10.6 Å². The second-order valence-corrected chi connectivity index (χ2v) is 7.58. The molecule has 3 aliphatic heterocycles. The van der Waals surface area contributed by atoms with Crippen molar-refractivity contribution in [1.82, 2.24) is 15.5 Å². The average Bonchev–Trinajstić information content (AvgIpc) is 2.78. The van der Waals surface area contributed by atoms with Gasteiger partial charge in [0.15, 0.2) is 0 Å². The summed E-state index contributed by atoms with van der Waals surface area (Å²) in [6.45, 7) is 6.58. The van der Waals surface area contributed by atoms with Crippen LogP contribution in [0.25, 0.3) is 0 Å². The monoisotopic (exact) mass is 293 g/mol. The average molecular weight is 293 g/mol. The molecule has 3 rings (SSSR count). The molecule has 120 valence electrons. The minimum absolute atomic E-state index is 0.270. The minimum atomic E-state index is 0.270. The number of nitrogens with zero attached hydrogens (tertiary/aromatic N) is 1. The Labute approximate surface area is 129 Å². The predicted molar refractivity (Wildman–Crippen MR) is 85.1 cm³/mol. The van der Waals surface area contributed by atoms with Gasteiger partial charge in [-0.3, -0.25) is 4.79 Å². The molecule has 3 unspecified atom stereocenters. The molecule has 2 bridgehead atoms. The lowest BCUT2D eigenvalue weighted by Gasteiger charge is -2.31. The molecular weight excluding hydrogens is 262 g/mol. The van der Waals surface area contributed by atoms with Crippen LogP contribution in [-0.2, 0) is 4.79 Å². The first-order valence-corrected chi connectivity index (χ1v) is 8.94. The molecular formula is C17H31N3O. The lowest BCUT2D eigenvalue weighted by Crippen LogP contribution is -2.42. The van der Waals surface area contributed by atoms with Gasteiger partial charge in [-0.05, 0) is 56.9 Å². The Morgan fingerprint density at radius 1 is 1.24 bits per heavy atom. The highest BCUT2D eigenvalue weighted by Crippen LogP contribution is 2.32. The second-order valence-electron chi connectivity index (χ2n) is 7.58. The maximum atomic E-state index is 12.1. The third-order valence-electron chi connectivity index (χ3n) is 5.54. The number of piperidine rings is 2. The summed E-state index contributed by atoms with van der Waals surface area (Å²) in [4.78, 5) is 14.6. The fraction of sp³-hybridized carbons (Fsp3) is 0.941. The number of carbonyl (C=O) groups is 1. The Kier molecular flexibility index (Phi) is 5.17. The molecule has 3 aliphatic rings. The molecule has 0 aliphatic carbocycles. The zero-order chi connectivity index (χ0) is 14.7. The van der Waals surface area contributed by atoms with E-state index < -0.39 is 0 Å². The smallest absolute Gasteiger partial charge is 0.220 e. The summed E-state index contributed by atoms with van der Waals surface area (Å²) in [6.07, 6.45) is 8.45. The molecule has 0 saturated carbocycles. The number of hydrogen-bond acceptors (Lipinski definition) is 3. The topological polar surface area (TPSA) is 44.4 Å². The highest BCUT2D eigenvalue weighted by atomic mass is 16.1. The first kappa shape index (κ1) is 15.3. The normalized spacial score (nSPS) is 36.6. The van der Waals surface area contributed by atoms with Crippen LogP contribution in [0.2, 0.25) is 0 Å². The first-order valence-electron chi connectivity index (χ1n) is 8.94. The zero-order valence-corrected chi connectivity index (χ0v) is 13.4. The van der Waals surface area contributed by atoms with E-state index in [4.69, 9.17) is 0 Å². The Hall–Kier alpha value is -0.610. The third-order valence-corrected chi connectivity index (χ3v) is 5.54. The quantitative estimate of drug-likeness (QED) is 0.812. The number of nitrogens with one attached hydrogen (secondary N) is 2. The van der Waals surface area contributed by atoms with Crippen LogP contribution in [0, 0.1) is 11.8 Å². The highest BCUT2D eigenvalue weighted by Gasteiger charge is 2.34. The Bertz CT molecular complexity index is 348. The summed E-state index contributed by atoms with van der Waals surface area (Å²) >= 11 is 0. The van der Waals surface area contributed by atoms with E-state index in [0.717, 1.165) is 25.4 Å². The van der Waals surface area contributed by atoms with E-state index >= 15 is 0 Å². The third kappa shape index (κ3) is 4.43. The van der Waals surface area contributed by atoms with Gasteiger partial charge < -0.3 is 15.5 Å². The van der Waals surface area contributed by atoms with Crippen molar-refractivity contribution < 1.29 is 4.79 Å². The Morgan fingerprint density at radius 3 is 2.71 bits per heavy atom. The van der Waals surface area contributed by atoms with Gasteiger partial charge in [0.25, 0.3) is 0 Å². The number of carbonyl (C=O) groups excluding carboxylic acids is 1. The molecule has 21 heavy (non-hydrogen) atoms. The van der Waals surface area contributed by atoms with Crippen molar-refractivity contribution in [1.29, 1.82) is 0 Å². The molecule has 3 atom stereocenters. The van der Waals surface area contributed by atoms with Crippen molar-refractivity contribution in [2.45, 2.75) is 64.0 Å². The summed E-state index contributed by atoms with van der Waals surface area (Å²) < 4.78 is 0. The lowest BCUT2D eigenvalue weighted by molar-refractivity contribution is -0.122. The molecule has 2 N–H and O–H groups in total. The first-order chi connectivity index (χ1) is 10.2. The molecule has 0 radical (unpaired) electrons. The molecule has 0 aromatic carbocycles. The maximum absolute atomic E-state index is 12.1. The van der Waals surface area contributed by atoms with E-state index in [0.29, 0.717) is 18.0 Å². The van der Waals surface area contributed by atoms with E-state index in [9.17, 15) is 4.79 Å². The summed E-state index contributed by atoms with van der Waals surface area (Å²) in [5.41, 5.74) is 0. The van der Waals surface area contributed by atoms with Crippen LogP contribution in [0.1, 0.15) is 51.9 Å². The predicted octanol–water partition coefficient (Wildman–Crippen LogP) is 1.76. The van der Waals surface area contributed by atoms with Gasteiger partial charge in [0.2, 0.25) is 5.91 Å². The van der Waals surface area contributed by atoms with Gasteiger partial charge in [0.05, 0.1) is 0 Å². The maximum Gasteiger partial charge on any atom is 0.220 e. The number of likely N-dealkylation sites (tertiary alicyclic amines) is 1. The van der Waals surface area contributed by atoms with E-state index in [1.54, 1.807) is 0 Å². The van der Waals surface area contributed by atoms with E-state index in [2.05, 4.69) is 22.5 Å². The number of hydrogen-bond donors (Lipinski definition) is 2. The highest BCUT2D eigenvalue weighted by molar-refractivity contribution is 5.76. The summed E-state index contributed by atoms with van der Waals surface area (Å²) in [7, 11) is 0. The number of amides is 1. The van der Waals surface area contributed by atoms with Gasteiger partial charge in [-0.2, -0.15) is 0 Å². The van der Waals surface area contributed by atoms with Crippen LogP contribution in [0.3, 0.4) is 0 Å². The van der Waals surface area contributed by atoms with Gasteiger partial charge >= 0.3 is 0 Å². The van der Waals surface area contributed by atoms with Crippen molar-refractivity contribution in [2.75, 3.05) is 26.2 Å². The zero-order valence-electron chi connectivity index (χ0n) is 13.4. The van der Waals surface area contributed by atoms with Gasteiger partial charge in [0.1, 0.15) is 0 Å². The standard InChI is InChI=1S/C17H31N3O/c1-13-3-2-7-20(12-13)8-6-18-17(21)11-14-9-15-4-5-16(10-14)19-15/h13-16,19H,2-12H2,1H3,(H,18,21). The molecule has 4 nitrogen and oxygen atoms in total. The van der Waals surface area contributed by atoms with E-state index in [1.165, 1.54) is 51.6 Å². The molecule has 3 fully saturated rings. The van der Waals surface area contributed by atoms with E-state index in [-0.39, 0.29) is 5.91 Å². The minimum Gasteiger partial charge on any atom is -0.355 e. The second kappa shape index (κ2) is 7.10. The van der Waals surface area contributed by atoms with Crippen molar-refractivity contribution in [2.24, 2.45) is 11.8 Å². The molecule has 0 aromatic heterocycles. The van der Waals surface area contributed by atoms with Crippen molar-refractivity contribution in [3.05, 3.63) is 0 Å². The molecule has 3 saturated heterocycles. The van der Waals surface area contributed by atoms with Crippen molar-refractivity contribution in [3.63, 3.8) is 0 Å². The van der Waals surface area contributed by atoms with Gasteiger partial charge in [-0.15, -0.1) is 0 Å². The van der Waals surface area contributed by atoms with Crippen molar-refractivity contribution >= 4 is 5.91 Å². The molecule has 4 heteroatoms. The fourth-order valence-corrected chi connectivity index (χ4v) is 4.52. The van der Waals surface area contributed by atoms with Crippen LogP contribution in [0.5, 0.6) is 0 Å². The molecule has 0 spiro atoms. The lowest BCUT2D eigenvalue weighted by atomic mass is 9.89. The largest absolute Gasteiger partial charge is 0.355 e. The summed E-state index contributed by atoms with van der Waals surface area (Å²) in [5, 5.41) is 6.79. The SMILES string of the molecule is CC1CCCN(CCNC(=O)CC2CC3CCC(C2)N3)C1. The van der Waals surface area contributed by atoms with Gasteiger partial charge in [0, 0.05) is 38.1 Å². The molecule has 0 aromatic rings. The Balaban J connectivity index is 1.31. The van der Waals surface area contributed by atoms with Crippen LogP contribution in [-0.4, -0.2) is 49.1 Å². The van der Waals surface area contributed by atoms with Crippen LogP contribution in [0.15, 0.2) is 0 Å². The van der Waals surface area contributed by atoms with E-state index in [1.807, 2.05) is 0 Å². The van der Waals surface area contributed by atoms with Crippen LogP contribution >= 0.6 is 0 Å². The number of rotatable bonds is 5. The van der Waals surface area contributed by atoms with Crippen molar-refractivity contribution in [3.8, 4) is 0 Å². The van der Waals surface area contributed by atoms with Crippen LogP contribution in [0.4, 0.5) is 0 Å². The summed E-state index contributed by atoms with van der Waals surface area (Å²) in [6, 6.07) is 1.38. The molecule has 1 amide bonds. The van der Waals surface area contributed by atoms with Gasteiger partial charge in [-0.1, -0.05) is 6.92 Å². The molecule has 3 heterocycles. The van der Waals surface area contributed by atoms with Gasteiger partial charge in [-0.25, -0.2) is 0 Å². The number of fused-ring (bicyclic) bond motifs is 2.